The molecule has 0 fully saturated rings. The van der Waals surface area contributed by atoms with Gasteiger partial charge >= 0.3 is 0 Å². The van der Waals surface area contributed by atoms with E-state index in [4.69, 9.17) is 4.98 Å². The van der Waals surface area contributed by atoms with Crippen LogP contribution in [0.5, 0.6) is 0 Å². The van der Waals surface area contributed by atoms with Crippen LogP contribution in [0.4, 0.5) is 5.13 Å². The van der Waals surface area contributed by atoms with Gasteiger partial charge in [0.2, 0.25) is 0 Å². The molecule has 0 unspecified atom stereocenters. The van der Waals surface area contributed by atoms with Crippen molar-refractivity contribution in [1.29, 1.82) is 0 Å². The monoisotopic (exact) mass is 399 g/mol. The standard InChI is InChI=1S/C21H29N5OS/c1-5-16-9-10-17-19(15-16)28-21(22-17)26(14-13-24(6-2)7-3)20(27)18-11-12-25(8-4)23-18/h9-12,15H,5-8,13-14H2,1-4H3. The van der Waals surface area contributed by atoms with Crippen LogP contribution in [0.15, 0.2) is 30.5 Å². The number of anilines is 1. The number of amides is 1. The van der Waals surface area contributed by atoms with Crippen molar-refractivity contribution in [2.45, 2.75) is 40.7 Å². The van der Waals surface area contributed by atoms with E-state index in [1.165, 1.54) is 5.56 Å². The van der Waals surface area contributed by atoms with E-state index in [1.54, 1.807) is 27.0 Å². The van der Waals surface area contributed by atoms with Crippen LogP contribution in [0.2, 0.25) is 0 Å². The molecule has 3 rings (SSSR count). The SMILES string of the molecule is CCc1ccc2nc(N(CCN(CC)CC)C(=O)c3ccn(CC)n3)sc2c1. The molecule has 0 aliphatic heterocycles. The van der Waals surface area contributed by atoms with Gasteiger partial charge < -0.3 is 4.90 Å². The second kappa shape index (κ2) is 9.30. The number of thiazole rings is 1. The van der Waals surface area contributed by atoms with Crippen LogP contribution in [0.3, 0.4) is 0 Å². The maximum Gasteiger partial charge on any atom is 0.280 e. The number of fused-ring (bicyclic) bond motifs is 1. The first-order valence-electron chi connectivity index (χ1n) is 10.1. The minimum atomic E-state index is -0.0888. The number of rotatable bonds is 9. The lowest BCUT2D eigenvalue weighted by Crippen LogP contribution is -2.39. The lowest BCUT2D eigenvalue weighted by molar-refractivity contribution is 0.0978. The minimum absolute atomic E-state index is 0.0888. The Morgan fingerprint density at radius 2 is 1.89 bits per heavy atom. The zero-order valence-corrected chi connectivity index (χ0v) is 18.0. The van der Waals surface area contributed by atoms with Gasteiger partial charge in [-0.15, -0.1) is 0 Å². The molecule has 0 N–H and O–H groups in total. The minimum Gasteiger partial charge on any atom is -0.302 e. The molecule has 0 radical (unpaired) electrons. The molecule has 0 saturated carbocycles. The van der Waals surface area contributed by atoms with Crippen LogP contribution >= 0.6 is 11.3 Å². The Kier molecular flexibility index (Phi) is 6.80. The maximum atomic E-state index is 13.3. The van der Waals surface area contributed by atoms with Crippen LogP contribution in [0.1, 0.15) is 43.7 Å². The largest absolute Gasteiger partial charge is 0.302 e. The van der Waals surface area contributed by atoms with Gasteiger partial charge in [-0.25, -0.2) is 4.98 Å². The first-order valence-corrected chi connectivity index (χ1v) is 10.9. The summed E-state index contributed by atoms with van der Waals surface area (Å²) < 4.78 is 2.90. The summed E-state index contributed by atoms with van der Waals surface area (Å²) in [4.78, 5) is 22.1. The molecular weight excluding hydrogens is 370 g/mol. The molecule has 6 nitrogen and oxygen atoms in total. The first kappa shape index (κ1) is 20.5. The lowest BCUT2D eigenvalue weighted by atomic mass is 10.2. The number of nitrogens with zero attached hydrogens (tertiary/aromatic N) is 5. The Morgan fingerprint density at radius 3 is 2.54 bits per heavy atom. The molecular formula is C21H29N5OS. The topological polar surface area (TPSA) is 54.3 Å². The van der Waals surface area contributed by atoms with Gasteiger partial charge in [-0.3, -0.25) is 14.4 Å². The summed E-state index contributed by atoms with van der Waals surface area (Å²) in [6.07, 6.45) is 2.84. The van der Waals surface area contributed by atoms with E-state index in [-0.39, 0.29) is 5.91 Å². The number of carbonyl (C=O) groups excluding carboxylic acids is 1. The molecule has 0 atom stereocenters. The summed E-state index contributed by atoms with van der Waals surface area (Å²) in [6.45, 7) is 12.5. The van der Waals surface area contributed by atoms with Gasteiger partial charge in [0.1, 0.15) is 0 Å². The van der Waals surface area contributed by atoms with Crippen molar-refractivity contribution in [3.05, 3.63) is 41.7 Å². The Bertz CT molecular complexity index is 928. The van der Waals surface area contributed by atoms with Gasteiger partial charge in [0.25, 0.3) is 5.91 Å². The Hall–Kier alpha value is -2.25. The average molecular weight is 400 g/mol. The number of hydrogen-bond acceptors (Lipinski definition) is 5. The summed E-state index contributed by atoms with van der Waals surface area (Å²) in [5, 5.41) is 5.15. The third kappa shape index (κ3) is 4.42. The zero-order chi connectivity index (χ0) is 20.1. The summed E-state index contributed by atoms with van der Waals surface area (Å²) in [6, 6.07) is 8.12. The Labute approximate surface area is 170 Å². The van der Waals surface area contributed by atoms with Crippen molar-refractivity contribution in [3.8, 4) is 0 Å². The van der Waals surface area contributed by atoms with E-state index < -0.39 is 0 Å². The van der Waals surface area contributed by atoms with Crippen molar-refractivity contribution in [2.24, 2.45) is 0 Å². The fourth-order valence-electron chi connectivity index (χ4n) is 3.15. The molecule has 2 heterocycles. The predicted molar refractivity (Wildman–Crippen MR) is 116 cm³/mol. The molecule has 0 bridgehead atoms. The van der Waals surface area contributed by atoms with E-state index in [1.807, 2.05) is 19.2 Å². The molecule has 1 aromatic carbocycles. The molecule has 0 saturated heterocycles. The fourth-order valence-corrected chi connectivity index (χ4v) is 4.20. The smallest absolute Gasteiger partial charge is 0.280 e. The highest BCUT2D eigenvalue weighted by Crippen LogP contribution is 2.30. The quantitative estimate of drug-likeness (QED) is 0.544. The van der Waals surface area contributed by atoms with E-state index in [9.17, 15) is 4.79 Å². The van der Waals surface area contributed by atoms with Crippen molar-refractivity contribution in [2.75, 3.05) is 31.1 Å². The van der Waals surface area contributed by atoms with Gasteiger partial charge in [0.05, 0.1) is 10.2 Å². The maximum absolute atomic E-state index is 13.3. The van der Waals surface area contributed by atoms with Gasteiger partial charge in [-0.1, -0.05) is 38.2 Å². The molecule has 0 aliphatic rings. The van der Waals surface area contributed by atoms with Crippen LogP contribution in [0, 0.1) is 0 Å². The van der Waals surface area contributed by atoms with E-state index in [0.29, 0.717) is 12.2 Å². The summed E-state index contributed by atoms with van der Waals surface area (Å²) in [5.74, 6) is -0.0888. The van der Waals surface area contributed by atoms with Crippen LogP contribution in [-0.2, 0) is 13.0 Å². The van der Waals surface area contributed by atoms with Gasteiger partial charge in [-0.05, 0) is 50.2 Å². The van der Waals surface area contributed by atoms with Gasteiger partial charge in [-0.2, -0.15) is 5.10 Å². The van der Waals surface area contributed by atoms with Crippen molar-refractivity contribution in [3.63, 3.8) is 0 Å². The highest BCUT2D eigenvalue weighted by Gasteiger charge is 2.23. The molecule has 0 aliphatic carbocycles. The summed E-state index contributed by atoms with van der Waals surface area (Å²) in [5.41, 5.74) is 2.69. The van der Waals surface area contributed by atoms with Crippen molar-refractivity contribution in [1.82, 2.24) is 19.7 Å². The molecule has 150 valence electrons. The Morgan fingerprint density at radius 1 is 1.11 bits per heavy atom. The zero-order valence-electron chi connectivity index (χ0n) is 17.2. The first-order chi connectivity index (χ1) is 13.6. The molecule has 1 amide bonds. The van der Waals surface area contributed by atoms with E-state index >= 15 is 0 Å². The van der Waals surface area contributed by atoms with Crippen molar-refractivity contribution >= 4 is 32.6 Å². The summed E-state index contributed by atoms with van der Waals surface area (Å²) in [7, 11) is 0. The molecule has 3 aromatic rings. The highest BCUT2D eigenvalue weighted by molar-refractivity contribution is 7.22. The molecule has 2 aromatic heterocycles. The summed E-state index contributed by atoms with van der Waals surface area (Å²) >= 11 is 1.58. The number of likely N-dealkylation sites (N-methyl/N-ethyl adjacent to an activating group) is 1. The lowest BCUT2D eigenvalue weighted by Gasteiger charge is -2.24. The third-order valence-corrected chi connectivity index (χ3v) is 6.09. The second-order valence-corrected chi connectivity index (χ2v) is 7.70. The number of benzene rings is 1. The average Bonchev–Trinajstić information content (AvgIpc) is 3.37. The molecule has 7 heteroatoms. The highest BCUT2D eigenvalue weighted by atomic mass is 32.1. The fraction of sp³-hybridized carbons (Fsp3) is 0.476. The number of aromatic nitrogens is 3. The second-order valence-electron chi connectivity index (χ2n) is 6.69. The Balaban J connectivity index is 1.93. The molecule has 28 heavy (non-hydrogen) atoms. The molecule has 0 spiro atoms. The number of hydrogen-bond donors (Lipinski definition) is 0. The van der Waals surface area contributed by atoms with Crippen LogP contribution in [0.25, 0.3) is 10.2 Å². The van der Waals surface area contributed by atoms with Crippen LogP contribution < -0.4 is 4.90 Å². The van der Waals surface area contributed by atoms with Crippen LogP contribution in [-0.4, -0.2) is 51.8 Å². The van der Waals surface area contributed by atoms with E-state index in [0.717, 1.165) is 47.9 Å². The third-order valence-electron chi connectivity index (χ3n) is 5.04. The van der Waals surface area contributed by atoms with Crippen molar-refractivity contribution < 1.29 is 4.79 Å². The van der Waals surface area contributed by atoms with Gasteiger partial charge in [0, 0.05) is 25.8 Å². The number of aryl methyl sites for hydroxylation is 2. The van der Waals surface area contributed by atoms with E-state index in [2.05, 4.69) is 42.9 Å². The predicted octanol–water partition coefficient (Wildman–Crippen LogP) is 4.06. The normalized spacial score (nSPS) is 11.5. The number of carbonyl (C=O) groups is 1. The van der Waals surface area contributed by atoms with Gasteiger partial charge in [0.15, 0.2) is 10.8 Å².